The quantitative estimate of drug-likeness (QED) is 0.602. The largest absolute Gasteiger partial charge is 0.335 e. The summed E-state index contributed by atoms with van der Waals surface area (Å²) in [4.78, 5) is 27.7. The number of thiazole rings is 1. The number of aromatic nitrogens is 3. The Balaban J connectivity index is 1.66. The van der Waals surface area contributed by atoms with Crippen LogP contribution in [0.15, 0.2) is 54.9 Å². The topological polar surface area (TPSA) is 71.0 Å². The number of nitrogens with one attached hydrogen (secondary N) is 1. The molecule has 1 atom stereocenters. The zero-order chi connectivity index (χ0) is 16.8. The molecule has 1 fully saturated rings. The summed E-state index contributed by atoms with van der Waals surface area (Å²) < 4.78 is 0.995. The molecule has 0 aliphatic carbocycles. The molecule has 0 bridgehead atoms. The maximum atomic E-state index is 12.5. The average molecular weight is 347 g/mol. The van der Waals surface area contributed by atoms with E-state index in [-0.39, 0.29) is 12.1 Å². The minimum Gasteiger partial charge on any atom is -0.335 e. The van der Waals surface area contributed by atoms with Gasteiger partial charge in [0, 0.05) is 18.9 Å². The molecule has 6 nitrogen and oxygen atoms in total. The normalized spacial score (nSPS) is 17.4. The summed E-state index contributed by atoms with van der Waals surface area (Å²) >= 11 is 1.50. The number of fused-ring (bicyclic) bond motifs is 3. The highest BCUT2D eigenvalue weighted by Gasteiger charge is 2.35. The summed E-state index contributed by atoms with van der Waals surface area (Å²) in [5.74, 6) is 0. The van der Waals surface area contributed by atoms with Crippen molar-refractivity contribution in [3.8, 4) is 0 Å². The number of anilines is 1. The highest BCUT2D eigenvalue weighted by atomic mass is 32.1. The zero-order valence-electron chi connectivity index (χ0n) is 13.1. The van der Waals surface area contributed by atoms with Gasteiger partial charge in [-0.1, -0.05) is 41.7 Å². The summed E-state index contributed by atoms with van der Waals surface area (Å²) in [5, 5.41) is 3.60. The van der Waals surface area contributed by atoms with E-state index in [4.69, 9.17) is 4.98 Å². The standard InChI is InChI=1S/C18H13N5OS/c24-17-21-10-13(11-4-2-1-3-5-11)23(17)18-22-16-14(25-18)7-6-12-15(16)20-9-8-19-12/h1-9,13H,10H2,(H,21,24). The van der Waals surface area contributed by atoms with Crippen molar-refractivity contribution in [3.05, 3.63) is 60.4 Å². The second-order valence-electron chi connectivity index (χ2n) is 5.82. The molecule has 122 valence electrons. The molecule has 1 aliphatic heterocycles. The van der Waals surface area contributed by atoms with Crippen LogP contribution in [-0.2, 0) is 0 Å². The van der Waals surface area contributed by atoms with Gasteiger partial charge in [-0.2, -0.15) is 0 Å². The third kappa shape index (κ3) is 2.24. The van der Waals surface area contributed by atoms with E-state index in [0.29, 0.717) is 11.7 Å². The van der Waals surface area contributed by atoms with Gasteiger partial charge in [0.15, 0.2) is 5.13 Å². The molecular weight excluding hydrogens is 334 g/mol. The van der Waals surface area contributed by atoms with Crippen molar-refractivity contribution in [1.29, 1.82) is 0 Å². The van der Waals surface area contributed by atoms with E-state index in [2.05, 4.69) is 15.3 Å². The first-order chi connectivity index (χ1) is 12.3. The Morgan fingerprint density at radius 3 is 2.76 bits per heavy atom. The third-order valence-electron chi connectivity index (χ3n) is 4.35. The van der Waals surface area contributed by atoms with Gasteiger partial charge in [-0.05, 0) is 17.7 Å². The molecule has 3 heterocycles. The SMILES string of the molecule is O=C1NCC(c2ccccc2)N1c1nc2c(ccc3nccnc32)s1. The Labute approximate surface area is 147 Å². The summed E-state index contributed by atoms with van der Waals surface area (Å²) in [7, 11) is 0. The average Bonchev–Trinajstić information content (AvgIpc) is 3.25. The summed E-state index contributed by atoms with van der Waals surface area (Å²) in [6.07, 6.45) is 3.33. The number of carbonyl (C=O) groups is 1. The van der Waals surface area contributed by atoms with Crippen LogP contribution in [0.5, 0.6) is 0 Å². The molecule has 7 heteroatoms. The van der Waals surface area contributed by atoms with Crippen molar-refractivity contribution >= 4 is 43.7 Å². The van der Waals surface area contributed by atoms with Gasteiger partial charge in [-0.15, -0.1) is 0 Å². The highest BCUT2D eigenvalue weighted by molar-refractivity contribution is 7.22. The summed E-state index contributed by atoms with van der Waals surface area (Å²) in [5.41, 5.74) is 3.44. The van der Waals surface area contributed by atoms with Crippen molar-refractivity contribution in [2.75, 3.05) is 11.4 Å². The molecular formula is C18H13N5OS. The molecule has 1 aliphatic rings. The number of urea groups is 1. The zero-order valence-corrected chi connectivity index (χ0v) is 13.9. The predicted octanol–water partition coefficient (Wildman–Crippen LogP) is 3.51. The predicted molar refractivity (Wildman–Crippen MR) is 97.8 cm³/mol. The molecule has 2 aromatic heterocycles. The maximum absolute atomic E-state index is 12.5. The Morgan fingerprint density at radius 1 is 1.04 bits per heavy atom. The number of hydrogen-bond donors (Lipinski definition) is 1. The van der Waals surface area contributed by atoms with Gasteiger partial charge >= 0.3 is 6.03 Å². The lowest BCUT2D eigenvalue weighted by Crippen LogP contribution is -2.29. The van der Waals surface area contributed by atoms with E-state index in [9.17, 15) is 4.79 Å². The van der Waals surface area contributed by atoms with Crippen LogP contribution in [0.25, 0.3) is 21.3 Å². The van der Waals surface area contributed by atoms with Crippen LogP contribution in [0.2, 0.25) is 0 Å². The van der Waals surface area contributed by atoms with E-state index < -0.39 is 0 Å². The van der Waals surface area contributed by atoms with Crippen LogP contribution in [0.4, 0.5) is 9.93 Å². The van der Waals surface area contributed by atoms with Crippen LogP contribution in [0, 0.1) is 0 Å². The lowest BCUT2D eigenvalue weighted by atomic mass is 10.1. The molecule has 1 unspecified atom stereocenters. The fraction of sp³-hybridized carbons (Fsp3) is 0.111. The van der Waals surface area contributed by atoms with E-state index in [1.54, 1.807) is 17.3 Å². The fourth-order valence-corrected chi connectivity index (χ4v) is 4.20. The molecule has 2 aromatic carbocycles. The van der Waals surface area contributed by atoms with E-state index in [0.717, 1.165) is 26.8 Å². The van der Waals surface area contributed by atoms with Crippen molar-refractivity contribution in [2.24, 2.45) is 0 Å². The van der Waals surface area contributed by atoms with Gasteiger partial charge in [-0.3, -0.25) is 14.9 Å². The molecule has 2 amide bonds. The first-order valence-electron chi connectivity index (χ1n) is 7.93. The summed E-state index contributed by atoms with van der Waals surface area (Å²) in [6, 6.07) is 13.7. The van der Waals surface area contributed by atoms with Crippen LogP contribution in [0.1, 0.15) is 11.6 Å². The maximum Gasteiger partial charge on any atom is 0.324 e. The third-order valence-corrected chi connectivity index (χ3v) is 5.37. The molecule has 5 rings (SSSR count). The number of benzene rings is 2. The van der Waals surface area contributed by atoms with Gasteiger partial charge < -0.3 is 5.32 Å². The first kappa shape index (κ1) is 14.3. The number of rotatable bonds is 2. The number of carbonyl (C=O) groups excluding carboxylic acids is 1. The smallest absolute Gasteiger partial charge is 0.324 e. The number of amides is 2. The lowest BCUT2D eigenvalue weighted by Gasteiger charge is -2.20. The molecule has 0 radical (unpaired) electrons. The molecule has 0 saturated carbocycles. The first-order valence-corrected chi connectivity index (χ1v) is 8.75. The molecule has 0 spiro atoms. The number of nitrogens with zero attached hydrogens (tertiary/aromatic N) is 4. The van der Waals surface area contributed by atoms with Crippen LogP contribution in [-0.4, -0.2) is 27.5 Å². The van der Waals surface area contributed by atoms with Gasteiger partial charge in [0.05, 0.1) is 16.3 Å². The molecule has 1 saturated heterocycles. The van der Waals surface area contributed by atoms with Crippen molar-refractivity contribution < 1.29 is 4.79 Å². The summed E-state index contributed by atoms with van der Waals surface area (Å²) in [6.45, 7) is 0.569. The van der Waals surface area contributed by atoms with Gasteiger partial charge in [0.25, 0.3) is 0 Å². The molecule has 1 N–H and O–H groups in total. The van der Waals surface area contributed by atoms with Crippen molar-refractivity contribution in [1.82, 2.24) is 20.3 Å². The monoisotopic (exact) mass is 347 g/mol. The van der Waals surface area contributed by atoms with E-state index >= 15 is 0 Å². The van der Waals surface area contributed by atoms with Crippen LogP contribution < -0.4 is 10.2 Å². The molecule has 25 heavy (non-hydrogen) atoms. The van der Waals surface area contributed by atoms with Crippen LogP contribution in [0.3, 0.4) is 0 Å². The Bertz CT molecular complexity index is 1090. The van der Waals surface area contributed by atoms with E-state index in [1.165, 1.54) is 11.3 Å². The minimum atomic E-state index is -0.122. The van der Waals surface area contributed by atoms with Gasteiger partial charge in [0.2, 0.25) is 0 Å². The minimum absolute atomic E-state index is 0.0633. The Hall–Kier alpha value is -3.06. The van der Waals surface area contributed by atoms with Crippen molar-refractivity contribution in [3.63, 3.8) is 0 Å². The second kappa shape index (κ2) is 5.49. The fourth-order valence-electron chi connectivity index (χ4n) is 3.18. The lowest BCUT2D eigenvalue weighted by molar-refractivity contribution is 0.251. The Morgan fingerprint density at radius 2 is 1.88 bits per heavy atom. The van der Waals surface area contributed by atoms with Crippen LogP contribution >= 0.6 is 11.3 Å². The number of hydrogen-bond acceptors (Lipinski definition) is 5. The Kier molecular flexibility index (Phi) is 3.14. The van der Waals surface area contributed by atoms with E-state index in [1.807, 2.05) is 42.5 Å². The van der Waals surface area contributed by atoms with Gasteiger partial charge in [-0.25, -0.2) is 9.78 Å². The highest BCUT2D eigenvalue weighted by Crippen LogP contribution is 2.37. The second-order valence-corrected chi connectivity index (χ2v) is 6.82. The van der Waals surface area contributed by atoms with Crippen molar-refractivity contribution in [2.45, 2.75) is 6.04 Å². The molecule has 4 aromatic rings. The van der Waals surface area contributed by atoms with Gasteiger partial charge in [0.1, 0.15) is 11.0 Å².